The minimum absolute atomic E-state index is 0.632. The van der Waals surface area contributed by atoms with Crippen LogP contribution in [0.15, 0.2) is 36.5 Å². The lowest BCUT2D eigenvalue weighted by Crippen LogP contribution is -2.37. The molecule has 21 heavy (non-hydrogen) atoms. The lowest BCUT2D eigenvalue weighted by Gasteiger charge is -2.31. The predicted molar refractivity (Wildman–Crippen MR) is 86.5 cm³/mol. The highest BCUT2D eigenvalue weighted by molar-refractivity contribution is 6.33. The fourth-order valence-corrected chi connectivity index (χ4v) is 2.92. The van der Waals surface area contributed by atoms with Crippen LogP contribution in [0.1, 0.15) is 12.8 Å². The summed E-state index contributed by atoms with van der Waals surface area (Å²) in [7, 11) is 0. The zero-order valence-electron chi connectivity index (χ0n) is 11.9. The van der Waals surface area contributed by atoms with Crippen LogP contribution in [0.3, 0.4) is 0 Å². The lowest BCUT2D eigenvalue weighted by atomic mass is 9.97. The van der Waals surface area contributed by atoms with Gasteiger partial charge in [0, 0.05) is 29.9 Å². The highest BCUT2D eigenvalue weighted by Crippen LogP contribution is 2.27. The molecule has 0 atom stereocenters. The third-order valence-electron chi connectivity index (χ3n) is 4.02. The number of piperidine rings is 1. The van der Waals surface area contributed by atoms with Crippen molar-refractivity contribution in [3.63, 3.8) is 0 Å². The molecule has 5 heteroatoms. The minimum atomic E-state index is 0.632. The fourth-order valence-electron chi connectivity index (χ4n) is 2.69. The molecule has 1 aromatic carbocycles. The number of aromatic nitrogens is 2. The van der Waals surface area contributed by atoms with E-state index in [0.717, 1.165) is 49.7 Å². The van der Waals surface area contributed by atoms with Gasteiger partial charge in [0.1, 0.15) is 0 Å². The number of rotatable bonds is 3. The van der Waals surface area contributed by atoms with Crippen LogP contribution in [0.4, 0.5) is 5.95 Å². The third kappa shape index (κ3) is 3.17. The first-order chi connectivity index (χ1) is 10.3. The van der Waals surface area contributed by atoms with E-state index in [0.29, 0.717) is 10.9 Å². The van der Waals surface area contributed by atoms with Gasteiger partial charge in [0.25, 0.3) is 0 Å². The molecule has 1 saturated heterocycles. The van der Waals surface area contributed by atoms with Crippen molar-refractivity contribution in [2.45, 2.75) is 12.8 Å². The van der Waals surface area contributed by atoms with Crippen molar-refractivity contribution in [3.05, 3.63) is 41.6 Å². The number of halogens is 1. The number of hydrogen-bond donors (Lipinski definition) is 1. The van der Waals surface area contributed by atoms with E-state index in [1.807, 2.05) is 30.3 Å². The smallest absolute Gasteiger partial charge is 0.225 e. The van der Waals surface area contributed by atoms with Crippen molar-refractivity contribution in [1.29, 1.82) is 0 Å². The second-order valence-electron chi connectivity index (χ2n) is 5.39. The summed E-state index contributed by atoms with van der Waals surface area (Å²) < 4.78 is 0. The summed E-state index contributed by atoms with van der Waals surface area (Å²) in [6.45, 7) is 2.70. The molecule has 0 radical (unpaired) electrons. The van der Waals surface area contributed by atoms with Crippen LogP contribution in [-0.4, -0.2) is 29.6 Å². The van der Waals surface area contributed by atoms with Gasteiger partial charge in [-0.2, -0.15) is 0 Å². The molecule has 1 aliphatic rings. The number of hydrogen-bond acceptors (Lipinski definition) is 4. The maximum Gasteiger partial charge on any atom is 0.225 e. The molecule has 0 saturated carbocycles. The monoisotopic (exact) mass is 302 g/mol. The van der Waals surface area contributed by atoms with Gasteiger partial charge in [0.2, 0.25) is 5.95 Å². The quantitative estimate of drug-likeness (QED) is 0.947. The number of nitrogens with zero attached hydrogens (tertiary/aromatic N) is 3. The second-order valence-corrected chi connectivity index (χ2v) is 5.80. The van der Waals surface area contributed by atoms with E-state index in [4.69, 9.17) is 17.3 Å². The van der Waals surface area contributed by atoms with Crippen molar-refractivity contribution in [2.75, 3.05) is 24.5 Å². The summed E-state index contributed by atoms with van der Waals surface area (Å²) in [5, 5.41) is 0.712. The molecule has 1 fully saturated rings. The average molecular weight is 303 g/mol. The van der Waals surface area contributed by atoms with Gasteiger partial charge in [-0.05, 0) is 37.4 Å². The van der Waals surface area contributed by atoms with Crippen LogP contribution in [-0.2, 0) is 0 Å². The molecule has 0 aliphatic carbocycles. The Labute approximate surface area is 130 Å². The van der Waals surface area contributed by atoms with Crippen LogP contribution in [0.5, 0.6) is 0 Å². The van der Waals surface area contributed by atoms with E-state index in [1.54, 1.807) is 6.20 Å². The van der Waals surface area contributed by atoms with Crippen LogP contribution in [0.2, 0.25) is 5.02 Å². The van der Waals surface area contributed by atoms with Gasteiger partial charge < -0.3 is 10.6 Å². The van der Waals surface area contributed by atoms with Gasteiger partial charge in [-0.25, -0.2) is 9.97 Å². The largest absolute Gasteiger partial charge is 0.341 e. The summed E-state index contributed by atoms with van der Waals surface area (Å²) in [6, 6.07) is 9.65. The molecule has 2 aromatic rings. The Hall–Kier alpha value is -1.65. The van der Waals surface area contributed by atoms with Crippen molar-refractivity contribution >= 4 is 17.5 Å². The topological polar surface area (TPSA) is 55.0 Å². The first-order valence-corrected chi connectivity index (χ1v) is 7.68. The summed E-state index contributed by atoms with van der Waals surface area (Å²) >= 11 is 6.25. The van der Waals surface area contributed by atoms with E-state index in [1.165, 1.54) is 0 Å². The van der Waals surface area contributed by atoms with Crippen LogP contribution in [0.25, 0.3) is 11.3 Å². The summed E-state index contributed by atoms with van der Waals surface area (Å²) in [6.07, 6.45) is 4.02. The second kappa shape index (κ2) is 6.41. The lowest BCUT2D eigenvalue weighted by molar-refractivity contribution is 0.411. The first kappa shape index (κ1) is 14.3. The number of benzene rings is 1. The molecule has 0 unspecified atom stereocenters. The van der Waals surface area contributed by atoms with Gasteiger partial charge in [0.15, 0.2) is 0 Å². The van der Waals surface area contributed by atoms with Gasteiger partial charge in [0.05, 0.1) is 5.69 Å². The minimum Gasteiger partial charge on any atom is -0.341 e. The maximum atomic E-state index is 6.25. The van der Waals surface area contributed by atoms with Gasteiger partial charge in [-0.1, -0.05) is 29.8 Å². The highest BCUT2D eigenvalue weighted by atomic mass is 35.5. The Morgan fingerprint density at radius 1 is 1.19 bits per heavy atom. The molecule has 0 amide bonds. The van der Waals surface area contributed by atoms with Crippen molar-refractivity contribution < 1.29 is 0 Å². The normalized spacial score (nSPS) is 16.2. The van der Waals surface area contributed by atoms with Crippen LogP contribution >= 0.6 is 11.6 Å². The molecule has 110 valence electrons. The Morgan fingerprint density at radius 2 is 1.95 bits per heavy atom. The third-order valence-corrected chi connectivity index (χ3v) is 4.35. The van der Waals surface area contributed by atoms with E-state index in [2.05, 4.69) is 14.9 Å². The molecule has 3 rings (SSSR count). The number of nitrogens with two attached hydrogens (primary N) is 1. The Bertz CT molecular complexity index is 609. The first-order valence-electron chi connectivity index (χ1n) is 7.31. The van der Waals surface area contributed by atoms with Crippen molar-refractivity contribution in [1.82, 2.24) is 9.97 Å². The summed E-state index contributed by atoms with van der Waals surface area (Å²) in [5.41, 5.74) is 7.55. The molecule has 4 nitrogen and oxygen atoms in total. The summed E-state index contributed by atoms with van der Waals surface area (Å²) in [5.74, 6) is 1.41. The van der Waals surface area contributed by atoms with Gasteiger partial charge >= 0.3 is 0 Å². The van der Waals surface area contributed by atoms with E-state index in [9.17, 15) is 0 Å². The SMILES string of the molecule is NCC1CCN(c2nccc(-c3ccccc3Cl)n2)CC1. The molecular weight excluding hydrogens is 284 g/mol. The van der Waals surface area contributed by atoms with Gasteiger partial charge in [-0.3, -0.25) is 0 Å². The molecule has 0 bridgehead atoms. The zero-order valence-corrected chi connectivity index (χ0v) is 12.6. The van der Waals surface area contributed by atoms with Crippen LogP contribution in [0, 0.1) is 5.92 Å². The molecule has 2 N–H and O–H groups in total. The Balaban J connectivity index is 1.83. The highest BCUT2D eigenvalue weighted by Gasteiger charge is 2.20. The summed E-state index contributed by atoms with van der Waals surface area (Å²) in [4.78, 5) is 11.3. The van der Waals surface area contributed by atoms with Crippen molar-refractivity contribution in [3.8, 4) is 11.3 Å². The predicted octanol–water partition coefficient (Wildman–Crippen LogP) is 2.97. The van der Waals surface area contributed by atoms with E-state index < -0.39 is 0 Å². The Kier molecular flexibility index (Phi) is 4.36. The maximum absolute atomic E-state index is 6.25. The average Bonchev–Trinajstić information content (AvgIpc) is 2.55. The molecule has 1 aliphatic heterocycles. The van der Waals surface area contributed by atoms with E-state index in [-0.39, 0.29) is 0 Å². The van der Waals surface area contributed by atoms with Crippen molar-refractivity contribution in [2.24, 2.45) is 11.7 Å². The molecule has 2 heterocycles. The molecule has 1 aromatic heterocycles. The standard InChI is InChI=1S/C16H19ClN4/c17-14-4-2-1-3-13(14)15-5-8-19-16(20-15)21-9-6-12(11-18)7-10-21/h1-5,8,12H,6-7,9-11,18H2. The van der Waals surface area contributed by atoms with Gasteiger partial charge in [-0.15, -0.1) is 0 Å². The zero-order chi connectivity index (χ0) is 14.7. The number of anilines is 1. The molecule has 0 spiro atoms. The Morgan fingerprint density at radius 3 is 2.67 bits per heavy atom. The van der Waals surface area contributed by atoms with Crippen LogP contribution < -0.4 is 10.6 Å². The molecular formula is C16H19ClN4. The van der Waals surface area contributed by atoms with E-state index >= 15 is 0 Å². The fraction of sp³-hybridized carbons (Fsp3) is 0.375.